The lowest BCUT2D eigenvalue weighted by Gasteiger charge is -2.24. The molecule has 7 heteroatoms. The van der Waals surface area contributed by atoms with Crippen LogP contribution in [0.3, 0.4) is 0 Å². The Morgan fingerprint density at radius 3 is 2.21 bits per heavy atom. The molecule has 1 rings (SSSR count). The maximum atomic E-state index is 12.3. The van der Waals surface area contributed by atoms with E-state index in [9.17, 15) is 13.2 Å². The summed E-state index contributed by atoms with van der Waals surface area (Å²) in [5.41, 5.74) is 0. The minimum atomic E-state index is -3.82. The fraction of sp³-hybridized carbons (Fsp3) is 0.417. The lowest BCUT2D eigenvalue weighted by Crippen LogP contribution is -2.40. The van der Waals surface area contributed by atoms with Gasteiger partial charge in [-0.2, -0.15) is 4.31 Å². The van der Waals surface area contributed by atoms with Gasteiger partial charge < -0.3 is 9.84 Å². The van der Waals surface area contributed by atoms with Gasteiger partial charge in [-0.25, -0.2) is 8.42 Å². The number of carboxylic acids is 1. The van der Waals surface area contributed by atoms with E-state index in [0.29, 0.717) is 5.75 Å². The van der Waals surface area contributed by atoms with Crippen molar-refractivity contribution in [2.75, 3.05) is 13.7 Å². The highest BCUT2D eigenvalue weighted by Gasteiger charge is 2.28. The van der Waals surface area contributed by atoms with Crippen LogP contribution in [0, 0.1) is 0 Å². The van der Waals surface area contributed by atoms with Crippen LogP contribution >= 0.6 is 0 Å². The first-order valence-corrected chi connectivity index (χ1v) is 7.10. The molecule has 0 aliphatic heterocycles. The first-order chi connectivity index (χ1) is 8.78. The van der Waals surface area contributed by atoms with Crippen LogP contribution in [0.25, 0.3) is 0 Å². The van der Waals surface area contributed by atoms with Gasteiger partial charge in [0.25, 0.3) is 0 Å². The molecule has 1 aromatic carbocycles. The molecule has 0 aliphatic carbocycles. The molecule has 0 saturated heterocycles. The zero-order valence-electron chi connectivity index (χ0n) is 11.0. The van der Waals surface area contributed by atoms with Crippen LogP contribution in [0.15, 0.2) is 29.2 Å². The molecule has 0 radical (unpaired) electrons. The maximum Gasteiger partial charge on any atom is 0.318 e. The molecule has 0 atom stereocenters. The number of carboxylic acid groups (broad SMARTS) is 1. The summed E-state index contributed by atoms with van der Waals surface area (Å²) in [6.45, 7) is 2.69. The number of hydrogen-bond donors (Lipinski definition) is 1. The number of sulfonamides is 1. The summed E-state index contributed by atoms with van der Waals surface area (Å²) in [5, 5.41) is 8.80. The highest BCUT2D eigenvalue weighted by Crippen LogP contribution is 2.20. The molecule has 1 aromatic rings. The fourth-order valence-corrected chi connectivity index (χ4v) is 3.15. The number of ether oxygens (including phenoxy) is 1. The molecule has 0 unspecified atom stereocenters. The largest absolute Gasteiger partial charge is 0.497 e. The van der Waals surface area contributed by atoms with Crippen molar-refractivity contribution in [3.63, 3.8) is 0 Å². The van der Waals surface area contributed by atoms with Crippen molar-refractivity contribution in [2.45, 2.75) is 24.8 Å². The van der Waals surface area contributed by atoms with Crippen LogP contribution in [0.5, 0.6) is 5.75 Å². The molecule has 0 heterocycles. The monoisotopic (exact) mass is 287 g/mol. The molecule has 0 saturated carbocycles. The molecule has 0 fully saturated rings. The summed E-state index contributed by atoms with van der Waals surface area (Å²) >= 11 is 0. The van der Waals surface area contributed by atoms with Crippen LogP contribution in [-0.2, 0) is 14.8 Å². The molecule has 0 bridgehead atoms. The first kappa shape index (κ1) is 15.5. The van der Waals surface area contributed by atoms with Gasteiger partial charge in [0.15, 0.2) is 0 Å². The Balaban J connectivity index is 3.14. The molecule has 6 nitrogen and oxygen atoms in total. The second kappa shape index (κ2) is 6.03. The molecular formula is C12H17NO5S. The second-order valence-electron chi connectivity index (χ2n) is 4.21. The number of benzene rings is 1. The van der Waals surface area contributed by atoms with E-state index in [0.717, 1.165) is 4.31 Å². The summed E-state index contributed by atoms with van der Waals surface area (Å²) in [6.07, 6.45) is 0. The lowest BCUT2D eigenvalue weighted by atomic mass is 10.3. The van der Waals surface area contributed by atoms with Crippen LogP contribution in [-0.4, -0.2) is 43.5 Å². The Morgan fingerprint density at radius 2 is 1.84 bits per heavy atom. The van der Waals surface area contributed by atoms with E-state index in [-0.39, 0.29) is 4.90 Å². The van der Waals surface area contributed by atoms with Crippen molar-refractivity contribution in [3.8, 4) is 5.75 Å². The smallest absolute Gasteiger partial charge is 0.318 e. The summed E-state index contributed by atoms with van der Waals surface area (Å²) < 4.78 is 30.6. The summed E-state index contributed by atoms with van der Waals surface area (Å²) in [7, 11) is -2.34. The second-order valence-corrected chi connectivity index (χ2v) is 6.10. The van der Waals surface area contributed by atoms with Crippen molar-refractivity contribution in [2.24, 2.45) is 0 Å². The summed E-state index contributed by atoms with van der Waals surface area (Å²) in [6, 6.07) is 5.39. The molecule has 0 aliphatic rings. The summed E-state index contributed by atoms with van der Waals surface area (Å²) in [5.74, 6) is -0.654. The minimum Gasteiger partial charge on any atom is -0.497 e. The maximum absolute atomic E-state index is 12.3. The lowest BCUT2D eigenvalue weighted by molar-refractivity contribution is -0.137. The van der Waals surface area contributed by atoms with E-state index in [1.54, 1.807) is 13.8 Å². The van der Waals surface area contributed by atoms with Gasteiger partial charge in [-0.1, -0.05) is 0 Å². The third kappa shape index (κ3) is 3.68. The molecule has 0 amide bonds. The van der Waals surface area contributed by atoms with Crippen molar-refractivity contribution < 1.29 is 23.1 Å². The molecular weight excluding hydrogens is 270 g/mol. The first-order valence-electron chi connectivity index (χ1n) is 5.66. The Kier molecular flexibility index (Phi) is 4.90. The van der Waals surface area contributed by atoms with Gasteiger partial charge in [-0.05, 0) is 38.1 Å². The molecule has 1 N–H and O–H groups in total. The fourth-order valence-electron chi connectivity index (χ4n) is 1.56. The van der Waals surface area contributed by atoms with Crippen LogP contribution in [0.4, 0.5) is 0 Å². The third-order valence-electron chi connectivity index (χ3n) is 2.53. The van der Waals surface area contributed by atoms with E-state index in [1.807, 2.05) is 0 Å². The standard InChI is InChI=1S/C12H17NO5S/c1-9(2)13(8-12(14)15)19(16,17)11-6-4-10(18-3)5-7-11/h4-7,9H,8H2,1-3H3,(H,14,15). The van der Waals surface area contributed by atoms with Crippen molar-refractivity contribution in [1.82, 2.24) is 4.31 Å². The van der Waals surface area contributed by atoms with E-state index >= 15 is 0 Å². The molecule has 19 heavy (non-hydrogen) atoms. The van der Waals surface area contributed by atoms with Gasteiger partial charge in [0, 0.05) is 6.04 Å². The van der Waals surface area contributed by atoms with Crippen LogP contribution < -0.4 is 4.74 Å². The Morgan fingerprint density at radius 1 is 1.32 bits per heavy atom. The van der Waals surface area contributed by atoms with Gasteiger partial charge in [-0.15, -0.1) is 0 Å². The van der Waals surface area contributed by atoms with Crippen molar-refractivity contribution in [3.05, 3.63) is 24.3 Å². The average molecular weight is 287 g/mol. The minimum absolute atomic E-state index is 0.0447. The zero-order valence-corrected chi connectivity index (χ0v) is 11.8. The highest BCUT2D eigenvalue weighted by atomic mass is 32.2. The van der Waals surface area contributed by atoms with E-state index in [4.69, 9.17) is 9.84 Å². The quantitative estimate of drug-likeness (QED) is 0.849. The Bertz CT molecular complexity index is 536. The molecule has 0 spiro atoms. The number of nitrogens with zero attached hydrogens (tertiary/aromatic N) is 1. The predicted molar refractivity (Wildman–Crippen MR) is 69.7 cm³/mol. The summed E-state index contributed by atoms with van der Waals surface area (Å²) in [4.78, 5) is 10.8. The molecule has 0 aromatic heterocycles. The zero-order chi connectivity index (χ0) is 14.6. The number of carbonyl (C=O) groups is 1. The van der Waals surface area contributed by atoms with Gasteiger partial charge in [-0.3, -0.25) is 4.79 Å². The highest BCUT2D eigenvalue weighted by molar-refractivity contribution is 7.89. The number of aliphatic carboxylic acids is 1. The van der Waals surface area contributed by atoms with Gasteiger partial charge in [0.1, 0.15) is 12.3 Å². The van der Waals surface area contributed by atoms with E-state index < -0.39 is 28.6 Å². The van der Waals surface area contributed by atoms with Crippen molar-refractivity contribution in [1.29, 1.82) is 0 Å². The van der Waals surface area contributed by atoms with Crippen LogP contribution in [0.2, 0.25) is 0 Å². The predicted octanol–water partition coefficient (Wildman–Crippen LogP) is 1.18. The van der Waals surface area contributed by atoms with Crippen molar-refractivity contribution >= 4 is 16.0 Å². The third-order valence-corrected chi connectivity index (χ3v) is 4.57. The normalized spacial score (nSPS) is 11.8. The SMILES string of the molecule is COc1ccc(S(=O)(=O)N(CC(=O)O)C(C)C)cc1. The Hall–Kier alpha value is -1.60. The topological polar surface area (TPSA) is 83.9 Å². The number of hydrogen-bond acceptors (Lipinski definition) is 4. The van der Waals surface area contributed by atoms with Gasteiger partial charge in [0.05, 0.1) is 12.0 Å². The number of methoxy groups -OCH3 is 1. The molecule has 106 valence electrons. The number of rotatable bonds is 6. The van der Waals surface area contributed by atoms with E-state index in [2.05, 4.69) is 0 Å². The van der Waals surface area contributed by atoms with Gasteiger partial charge in [0.2, 0.25) is 10.0 Å². The average Bonchev–Trinajstić information content (AvgIpc) is 2.35. The Labute approximate surface area is 112 Å². The van der Waals surface area contributed by atoms with Crippen LogP contribution in [0.1, 0.15) is 13.8 Å². The van der Waals surface area contributed by atoms with Gasteiger partial charge >= 0.3 is 5.97 Å². The van der Waals surface area contributed by atoms with E-state index in [1.165, 1.54) is 31.4 Å².